The second-order valence-corrected chi connectivity index (χ2v) is 1.66. The Balaban J connectivity index is 3.19. The summed E-state index contributed by atoms with van der Waals surface area (Å²) in [7, 11) is 0. The van der Waals surface area contributed by atoms with E-state index in [1.165, 1.54) is 0 Å². The smallest absolute Gasteiger partial charge is 0.287 e. The zero-order valence-electron chi connectivity index (χ0n) is 4.09. The van der Waals surface area contributed by atoms with Gasteiger partial charge in [-0.3, -0.25) is 4.63 Å². The third kappa shape index (κ3) is 0.626. The zero-order valence-corrected chi connectivity index (χ0v) is 4.84. The maximum absolute atomic E-state index is 10.2. The van der Waals surface area contributed by atoms with Crippen molar-refractivity contribution in [1.82, 2.24) is 5.16 Å². The van der Waals surface area contributed by atoms with E-state index in [0.717, 1.165) is 0 Å². The lowest BCUT2D eigenvalue weighted by atomic mass is 10.6. The van der Waals surface area contributed by atoms with Crippen LogP contribution in [0.5, 0.6) is 0 Å². The number of aryl methyl sites for hydroxylation is 1. The molecule has 4 nitrogen and oxygen atoms in total. The van der Waals surface area contributed by atoms with Gasteiger partial charge in [0.15, 0.2) is 0 Å². The summed E-state index contributed by atoms with van der Waals surface area (Å²) in [6.45, 7) is 1.58. The third-order valence-electron chi connectivity index (χ3n) is 0.711. The highest BCUT2D eigenvalue weighted by Crippen LogP contribution is 2.03. The monoisotopic (exact) mass is 134 g/mol. The first-order valence-electron chi connectivity index (χ1n) is 1.93. The highest BCUT2D eigenvalue weighted by Gasteiger charge is 2.08. The Kier molecular flexibility index (Phi) is 1.09. The van der Waals surface area contributed by atoms with Crippen molar-refractivity contribution in [3.05, 3.63) is 16.1 Å². The van der Waals surface area contributed by atoms with Crippen molar-refractivity contribution >= 4 is 11.6 Å². The van der Waals surface area contributed by atoms with Crippen LogP contribution >= 0.6 is 11.6 Å². The standard InChI is InChI=1S/C3H3ClN2O2/c1-2-3(4)6(7)8-5-2/h1H3. The average molecular weight is 135 g/mol. The van der Waals surface area contributed by atoms with Crippen LogP contribution in [0, 0.1) is 12.1 Å². The molecule has 5 heteroatoms. The molecule has 0 aliphatic rings. The largest absolute Gasteiger partial charge is 0.358 e. The van der Waals surface area contributed by atoms with E-state index < -0.39 is 0 Å². The molecule has 0 saturated carbocycles. The van der Waals surface area contributed by atoms with Gasteiger partial charge in [-0.05, 0) is 16.5 Å². The minimum atomic E-state index is -0.00926. The number of hydrogen-bond acceptors (Lipinski definition) is 3. The molecule has 0 aliphatic carbocycles. The van der Waals surface area contributed by atoms with Gasteiger partial charge in [0.2, 0.25) is 5.69 Å². The van der Waals surface area contributed by atoms with E-state index in [9.17, 15) is 5.21 Å². The zero-order chi connectivity index (χ0) is 6.15. The minimum absolute atomic E-state index is 0.00926. The van der Waals surface area contributed by atoms with E-state index >= 15 is 0 Å². The maximum Gasteiger partial charge on any atom is 0.287 e. The molecule has 1 heterocycles. The lowest BCUT2D eigenvalue weighted by molar-refractivity contribution is -0.800. The van der Waals surface area contributed by atoms with Gasteiger partial charge in [-0.25, -0.2) is 0 Å². The van der Waals surface area contributed by atoms with Crippen molar-refractivity contribution in [1.29, 1.82) is 0 Å². The van der Waals surface area contributed by atoms with Gasteiger partial charge in [0.25, 0.3) is 5.15 Å². The van der Waals surface area contributed by atoms with E-state index in [4.69, 9.17) is 11.6 Å². The van der Waals surface area contributed by atoms with E-state index in [2.05, 4.69) is 9.79 Å². The first-order valence-corrected chi connectivity index (χ1v) is 2.31. The molecule has 0 N–H and O–H groups in total. The van der Waals surface area contributed by atoms with Crippen LogP contribution in [0.15, 0.2) is 4.63 Å². The van der Waals surface area contributed by atoms with Crippen molar-refractivity contribution in [2.24, 2.45) is 0 Å². The molecular weight excluding hydrogens is 131 g/mol. The summed E-state index contributed by atoms with van der Waals surface area (Å²) in [5.41, 5.74) is 0.404. The summed E-state index contributed by atoms with van der Waals surface area (Å²) >= 11 is 5.29. The fraction of sp³-hybridized carbons (Fsp3) is 0.333. The van der Waals surface area contributed by atoms with Crippen LogP contribution in [0.1, 0.15) is 5.69 Å². The molecule has 0 amide bonds. The SMILES string of the molecule is Cc1no[n+]([O-])c1Cl. The number of hydrogen-bond donors (Lipinski definition) is 0. The van der Waals surface area contributed by atoms with Crippen LogP contribution in [0.4, 0.5) is 0 Å². The Bertz CT molecular complexity index is 178. The second-order valence-electron chi connectivity index (χ2n) is 1.31. The van der Waals surface area contributed by atoms with Crippen molar-refractivity contribution in [3.63, 3.8) is 0 Å². The topological polar surface area (TPSA) is 53.0 Å². The van der Waals surface area contributed by atoms with E-state index in [1.807, 2.05) is 0 Å². The van der Waals surface area contributed by atoms with Gasteiger partial charge in [-0.1, -0.05) is 0 Å². The van der Waals surface area contributed by atoms with E-state index in [0.29, 0.717) is 5.69 Å². The van der Waals surface area contributed by atoms with Crippen molar-refractivity contribution in [2.45, 2.75) is 6.92 Å². The van der Waals surface area contributed by atoms with Crippen LogP contribution < -0.4 is 4.90 Å². The highest BCUT2D eigenvalue weighted by molar-refractivity contribution is 6.28. The summed E-state index contributed by atoms with van der Waals surface area (Å²) in [5.74, 6) is 0. The molecule has 0 bridgehead atoms. The van der Waals surface area contributed by atoms with E-state index in [1.54, 1.807) is 6.92 Å². The predicted octanol–water partition coefficient (Wildman–Crippen LogP) is 0.270. The van der Waals surface area contributed by atoms with Gasteiger partial charge in [0, 0.05) is 12.1 Å². The summed E-state index contributed by atoms with van der Waals surface area (Å²) in [4.78, 5) is 0.150. The normalized spacial score (nSPS) is 9.75. The Morgan fingerprint density at radius 1 is 1.88 bits per heavy atom. The summed E-state index contributed by atoms with van der Waals surface area (Å²) < 4.78 is 4.07. The molecule has 44 valence electrons. The van der Waals surface area contributed by atoms with Crippen molar-refractivity contribution in [3.8, 4) is 0 Å². The molecule has 1 aromatic heterocycles. The van der Waals surface area contributed by atoms with Gasteiger partial charge in [-0.15, -0.1) is 0 Å². The molecule has 0 radical (unpaired) electrons. The maximum atomic E-state index is 10.2. The van der Waals surface area contributed by atoms with Crippen LogP contribution in [0.2, 0.25) is 5.15 Å². The van der Waals surface area contributed by atoms with E-state index in [-0.39, 0.29) is 10.1 Å². The molecule has 1 rings (SSSR count). The number of rotatable bonds is 0. The molecule has 0 unspecified atom stereocenters. The van der Waals surface area contributed by atoms with Gasteiger partial charge in [-0.2, -0.15) is 0 Å². The third-order valence-corrected chi connectivity index (χ3v) is 1.12. The Morgan fingerprint density at radius 3 is 2.62 bits per heavy atom. The number of halogens is 1. The van der Waals surface area contributed by atoms with Gasteiger partial charge < -0.3 is 5.21 Å². The van der Waals surface area contributed by atoms with Crippen molar-refractivity contribution < 1.29 is 9.53 Å². The lowest BCUT2D eigenvalue weighted by Gasteiger charge is -1.79. The molecule has 1 aromatic rings. The summed E-state index contributed by atoms with van der Waals surface area (Å²) in [5, 5.41) is 13.4. The quantitative estimate of drug-likeness (QED) is 0.479. The molecule has 0 fully saturated rings. The fourth-order valence-electron chi connectivity index (χ4n) is 0.304. The Labute approximate surface area is 50.2 Å². The molecular formula is C3H3ClN2O2. The van der Waals surface area contributed by atoms with Crippen LogP contribution in [-0.2, 0) is 0 Å². The van der Waals surface area contributed by atoms with Crippen LogP contribution in [-0.4, -0.2) is 5.16 Å². The number of aromatic nitrogens is 2. The number of nitrogens with zero attached hydrogens (tertiary/aromatic N) is 2. The lowest BCUT2D eigenvalue weighted by Crippen LogP contribution is -2.23. The Morgan fingerprint density at radius 2 is 2.50 bits per heavy atom. The fourth-order valence-corrected chi connectivity index (χ4v) is 0.369. The summed E-state index contributed by atoms with van der Waals surface area (Å²) in [6, 6.07) is 0. The first kappa shape index (κ1) is 5.37. The average Bonchev–Trinajstić information content (AvgIpc) is 1.98. The molecule has 0 atom stereocenters. The second kappa shape index (κ2) is 1.63. The molecule has 0 aromatic carbocycles. The molecule has 0 spiro atoms. The Hall–Kier alpha value is -0.770. The first-order chi connectivity index (χ1) is 3.72. The minimum Gasteiger partial charge on any atom is -0.358 e. The summed E-state index contributed by atoms with van der Waals surface area (Å²) in [6.07, 6.45) is 0. The van der Waals surface area contributed by atoms with Crippen LogP contribution in [0.3, 0.4) is 0 Å². The van der Waals surface area contributed by atoms with Gasteiger partial charge in [0.1, 0.15) is 0 Å². The molecule has 0 saturated heterocycles. The van der Waals surface area contributed by atoms with Crippen LogP contribution in [0.25, 0.3) is 0 Å². The molecule has 8 heavy (non-hydrogen) atoms. The highest BCUT2D eigenvalue weighted by atomic mass is 35.5. The predicted molar refractivity (Wildman–Crippen MR) is 25.2 cm³/mol. The van der Waals surface area contributed by atoms with Gasteiger partial charge in [0.05, 0.1) is 0 Å². The van der Waals surface area contributed by atoms with Gasteiger partial charge >= 0.3 is 0 Å². The van der Waals surface area contributed by atoms with Crippen molar-refractivity contribution in [2.75, 3.05) is 0 Å². The molecule has 0 aliphatic heterocycles.